The van der Waals surface area contributed by atoms with Crippen molar-refractivity contribution in [2.75, 3.05) is 5.32 Å². The Labute approximate surface area is 129 Å². The molecule has 2 amide bonds. The average molecular weight is 298 g/mol. The second-order valence-corrected chi connectivity index (χ2v) is 4.71. The third-order valence-corrected chi connectivity index (χ3v) is 3.17. The van der Waals surface area contributed by atoms with E-state index in [0.717, 1.165) is 5.56 Å². The van der Waals surface area contributed by atoms with Crippen molar-refractivity contribution < 1.29 is 14.4 Å². The minimum atomic E-state index is -0.595. The quantitative estimate of drug-likeness (QED) is 0.849. The minimum Gasteiger partial charge on any atom is -0.339 e. The second-order valence-electron chi connectivity index (χ2n) is 4.71. The number of anilines is 1. The van der Waals surface area contributed by atoms with E-state index in [2.05, 4.69) is 10.8 Å². The maximum Gasteiger partial charge on any atom is 0.352 e. The number of rotatable bonds is 4. The molecule has 0 aliphatic heterocycles. The molecule has 0 fully saturated rings. The number of hydroxylamine groups is 1. The van der Waals surface area contributed by atoms with Gasteiger partial charge in [-0.15, -0.1) is 0 Å². The van der Waals surface area contributed by atoms with Crippen LogP contribution in [0.3, 0.4) is 0 Å². The van der Waals surface area contributed by atoms with Crippen molar-refractivity contribution >= 4 is 17.7 Å². The molecular weight excluding hydrogens is 280 g/mol. The van der Waals surface area contributed by atoms with Crippen LogP contribution in [0.1, 0.15) is 24.8 Å². The van der Waals surface area contributed by atoms with Gasteiger partial charge in [-0.25, -0.2) is 9.59 Å². The molecule has 1 atom stereocenters. The Morgan fingerprint density at radius 3 is 2.18 bits per heavy atom. The molecule has 0 aliphatic carbocycles. The van der Waals surface area contributed by atoms with E-state index >= 15 is 0 Å². The number of nitrogens with one attached hydrogen (secondary N) is 2. The van der Waals surface area contributed by atoms with Gasteiger partial charge in [-0.2, -0.15) is 5.48 Å². The third-order valence-electron chi connectivity index (χ3n) is 3.17. The van der Waals surface area contributed by atoms with Gasteiger partial charge in [0, 0.05) is 5.69 Å². The maximum atomic E-state index is 12.1. The molecule has 0 saturated carbocycles. The summed E-state index contributed by atoms with van der Waals surface area (Å²) in [5.74, 6) is -0.893. The van der Waals surface area contributed by atoms with E-state index in [1.54, 1.807) is 24.3 Å². The third kappa shape index (κ3) is 4.34. The Morgan fingerprint density at radius 2 is 1.59 bits per heavy atom. The van der Waals surface area contributed by atoms with Gasteiger partial charge >= 0.3 is 12.0 Å². The summed E-state index contributed by atoms with van der Waals surface area (Å²) in [5.41, 5.74) is 3.59. The highest BCUT2D eigenvalue weighted by atomic mass is 16.7. The number of carbonyl (C=O) groups excluding carboxylic acids is 2. The minimum absolute atomic E-state index is 0.404. The number of hydrogen-bond donors (Lipinski definition) is 2. The smallest absolute Gasteiger partial charge is 0.339 e. The van der Waals surface area contributed by atoms with Crippen LogP contribution >= 0.6 is 0 Å². The zero-order valence-electron chi connectivity index (χ0n) is 12.3. The van der Waals surface area contributed by atoms with E-state index in [4.69, 9.17) is 4.84 Å². The van der Waals surface area contributed by atoms with Crippen LogP contribution in [-0.2, 0) is 9.63 Å². The lowest BCUT2D eigenvalue weighted by Gasteiger charge is -2.14. The first-order valence-corrected chi connectivity index (χ1v) is 7.08. The predicted molar refractivity (Wildman–Crippen MR) is 84.2 cm³/mol. The van der Waals surface area contributed by atoms with Gasteiger partial charge in [0.2, 0.25) is 0 Å². The van der Waals surface area contributed by atoms with E-state index in [-0.39, 0.29) is 0 Å². The molecule has 0 heterocycles. The van der Waals surface area contributed by atoms with Gasteiger partial charge in [-0.3, -0.25) is 0 Å². The van der Waals surface area contributed by atoms with Crippen LogP contribution < -0.4 is 10.8 Å². The normalized spacial score (nSPS) is 11.3. The van der Waals surface area contributed by atoms with Gasteiger partial charge in [-0.05, 0) is 24.1 Å². The van der Waals surface area contributed by atoms with Crippen molar-refractivity contribution in [1.29, 1.82) is 0 Å². The van der Waals surface area contributed by atoms with Crippen LogP contribution in [0.5, 0.6) is 0 Å². The van der Waals surface area contributed by atoms with Crippen molar-refractivity contribution in [2.45, 2.75) is 19.3 Å². The Hall–Kier alpha value is -2.82. The zero-order chi connectivity index (χ0) is 15.8. The van der Waals surface area contributed by atoms with E-state index < -0.39 is 17.9 Å². The van der Waals surface area contributed by atoms with Crippen LogP contribution in [0.2, 0.25) is 0 Å². The number of benzene rings is 2. The summed E-state index contributed by atoms with van der Waals surface area (Å²) in [6.07, 6.45) is 0.588. The van der Waals surface area contributed by atoms with Crippen molar-refractivity contribution in [3.63, 3.8) is 0 Å². The van der Waals surface area contributed by atoms with Crippen LogP contribution in [0.15, 0.2) is 60.7 Å². The van der Waals surface area contributed by atoms with Gasteiger partial charge < -0.3 is 10.2 Å². The van der Waals surface area contributed by atoms with Gasteiger partial charge in [0.25, 0.3) is 0 Å². The Morgan fingerprint density at radius 1 is 1.00 bits per heavy atom. The molecule has 0 bridgehead atoms. The lowest BCUT2D eigenvalue weighted by atomic mass is 9.97. The molecule has 2 aromatic carbocycles. The first-order chi connectivity index (χ1) is 10.7. The number of carbonyl (C=O) groups is 2. The highest BCUT2D eigenvalue weighted by Gasteiger charge is 2.21. The lowest BCUT2D eigenvalue weighted by Crippen LogP contribution is -2.33. The van der Waals surface area contributed by atoms with E-state index in [1.165, 1.54) is 0 Å². The van der Waals surface area contributed by atoms with E-state index in [0.29, 0.717) is 12.1 Å². The van der Waals surface area contributed by atoms with E-state index in [9.17, 15) is 9.59 Å². The fourth-order valence-electron chi connectivity index (χ4n) is 2.07. The molecule has 114 valence electrons. The van der Waals surface area contributed by atoms with Gasteiger partial charge in [0.15, 0.2) is 0 Å². The molecule has 0 aromatic heterocycles. The summed E-state index contributed by atoms with van der Waals surface area (Å²) in [7, 11) is 0. The summed E-state index contributed by atoms with van der Waals surface area (Å²) >= 11 is 0. The second kappa shape index (κ2) is 7.83. The molecule has 0 radical (unpaired) electrons. The number of hydrogen-bond acceptors (Lipinski definition) is 3. The summed E-state index contributed by atoms with van der Waals surface area (Å²) in [4.78, 5) is 28.6. The first kappa shape index (κ1) is 15.6. The highest BCUT2D eigenvalue weighted by Crippen LogP contribution is 2.20. The fourth-order valence-corrected chi connectivity index (χ4v) is 2.07. The SMILES string of the molecule is CCC(C(=O)ONC(=O)Nc1ccccc1)c1ccccc1. The Bertz CT molecular complexity index is 614. The largest absolute Gasteiger partial charge is 0.352 e. The van der Waals surface area contributed by atoms with Crippen LogP contribution in [0.4, 0.5) is 10.5 Å². The molecule has 2 rings (SSSR count). The Kier molecular flexibility index (Phi) is 5.54. The molecule has 5 heteroatoms. The number of amides is 2. The van der Waals surface area contributed by atoms with Crippen LogP contribution in [0.25, 0.3) is 0 Å². The number of urea groups is 1. The standard InChI is InChI=1S/C17H18N2O3/c1-2-15(13-9-5-3-6-10-13)16(20)22-19-17(21)18-14-11-7-4-8-12-14/h3-12,15H,2H2,1H3,(H2,18,19,21). The first-order valence-electron chi connectivity index (χ1n) is 7.08. The molecule has 2 aromatic rings. The average Bonchev–Trinajstić information content (AvgIpc) is 2.55. The lowest BCUT2D eigenvalue weighted by molar-refractivity contribution is -0.150. The molecule has 1 unspecified atom stereocenters. The van der Waals surface area contributed by atoms with Gasteiger partial charge in [-0.1, -0.05) is 55.5 Å². The summed E-state index contributed by atoms with van der Waals surface area (Å²) in [6.45, 7) is 1.89. The van der Waals surface area contributed by atoms with Gasteiger partial charge in [0.05, 0.1) is 5.92 Å². The fraction of sp³-hybridized carbons (Fsp3) is 0.176. The Balaban J connectivity index is 1.87. The molecule has 5 nitrogen and oxygen atoms in total. The van der Waals surface area contributed by atoms with Crippen molar-refractivity contribution in [3.8, 4) is 0 Å². The summed E-state index contributed by atoms with van der Waals surface area (Å²) in [6, 6.07) is 17.6. The van der Waals surface area contributed by atoms with Crippen LogP contribution in [-0.4, -0.2) is 12.0 Å². The monoisotopic (exact) mass is 298 g/mol. The van der Waals surface area contributed by atoms with Crippen molar-refractivity contribution in [2.24, 2.45) is 0 Å². The molecule has 22 heavy (non-hydrogen) atoms. The molecule has 2 N–H and O–H groups in total. The maximum absolute atomic E-state index is 12.1. The molecular formula is C17H18N2O3. The summed E-state index contributed by atoms with van der Waals surface area (Å²) < 4.78 is 0. The van der Waals surface area contributed by atoms with Crippen LogP contribution in [0, 0.1) is 0 Å². The topological polar surface area (TPSA) is 67.4 Å². The number of para-hydroxylation sites is 1. The highest BCUT2D eigenvalue weighted by molar-refractivity contribution is 5.89. The molecule has 0 aliphatic rings. The molecule has 0 spiro atoms. The van der Waals surface area contributed by atoms with Crippen molar-refractivity contribution in [1.82, 2.24) is 5.48 Å². The van der Waals surface area contributed by atoms with Crippen molar-refractivity contribution in [3.05, 3.63) is 66.2 Å². The van der Waals surface area contributed by atoms with Gasteiger partial charge in [0.1, 0.15) is 0 Å². The summed E-state index contributed by atoms with van der Waals surface area (Å²) in [5, 5.41) is 2.57. The zero-order valence-corrected chi connectivity index (χ0v) is 12.3. The van der Waals surface area contributed by atoms with E-state index in [1.807, 2.05) is 43.3 Å². The molecule has 0 saturated heterocycles. The predicted octanol–water partition coefficient (Wildman–Crippen LogP) is 3.46.